The number of nitrogens with two attached hydrogens (primary N) is 1. The summed E-state index contributed by atoms with van der Waals surface area (Å²) in [6.45, 7) is 0.300. The smallest absolute Gasteiger partial charge is 0.154 e. The lowest BCUT2D eigenvalue weighted by Crippen LogP contribution is -1.94. The average Bonchev–Trinajstić information content (AvgIpc) is 2.76. The van der Waals surface area contributed by atoms with Crippen LogP contribution in [0.1, 0.15) is 5.01 Å². The van der Waals surface area contributed by atoms with Gasteiger partial charge in [0.1, 0.15) is 16.6 Å². The SMILES string of the molecule is COc1cccc(F)c1-c1nnc(CN)s1. The molecule has 4 nitrogen and oxygen atoms in total. The van der Waals surface area contributed by atoms with Crippen molar-refractivity contribution in [2.24, 2.45) is 5.73 Å². The van der Waals surface area contributed by atoms with E-state index < -0.39 is 0 Å². The second kappa shape index (κ2) is 4.54. The van der Waals surface area contributed by atoms with E-state index >= 15 is 0 Å². The highest BCUT2D eigenvalue weighted by Crippen LogP contribution is 2.34. The molecular weight excluding hydrogens is 229 g/mol. The summed E-state index contributed by atoms with van der Waals surface area (Å²) in [5.74, 6) is 0.0683. The first-order chi connectivity index (χ1) is 7.76. The van der Waals surface area contributed by atoms with Gasteiger partial charge in [0.05, 0.1) is 12.7 Å². The Hall–Kier alpha value is -1.53. The van der Waals surface area contributed by atoms with Crippen molar-refractivity contribution in [3.8, 4) is 16.3 Å². The summed E-state index contributed by atoms with van der Waals surface area (Å²) in [4.78, 5) is 0. The summed E-state index contributed by atoms with van der Waals surface area (Å²) < 4.78 is 18.8. The molecule has 84 valence electrons. The van der Waals surface area contributed by atoms with E-state index in [4.69, 9.17) is 10.5 Å². The highest BCUT2D eigenvalue weighted by molar-refractivity contribution is 7.14. The standard InChI is InChI=1S/C10H10FN3OS/c1-15-7-4-2-3-6(11)9(7)10-14-13-8(5-12)16-10/h2-4H,5,12H2,1H3. The topological polar surface area (TPSA) is 61.0 Å². The summed E-state index contributed by atoms with van der Waals surface area (Å²) in [6.07, 6.45) is 0. The van der Waals surface area contributed by atoms with E-state index in [0.717, 1.165) is 0 Å². The normalized spacial score (nSPS) is 10.4. The Morgan fingerprint density at radius 2 is 2.25 bits per heavy atom. The van der Waals surface area contributed by atoms with Gasteiger partial charge in [0.25, 0.3) is 0 Å². The van der Waals surface area contributed by atoms with Crippen molar-refractivity contribution in [3.63, 3.8) is 0 Å². The number of hydrogen-bond donors (Lipinski definition) is 1. The fraction of sp³-hybridized carbons (Fsp3) is 0.200. The molecule has 0 aliphatic carbocycles. The van der Waals surface area contributed by atoms with E-state index in [0.29, 0.717) is 27.9 Å². The minimum atomic E-state index is -0.376. The number of hydrogen-bond acceptors (Lipinski definition) is 5. The van der Waals surface area contributed by atoms with Gasteiger partial charge >= 0.3 is 0 Å². The van der Waals surface area contributed by atoms with Gasteiger partial charge in [0, 0.05) is 6.54 Å². The van der Waals surface area contributed by atoms with Crippen LogP contribution in [0.25, 0.3) is 10.6 Å². The van der Waals surface area contributed by atoms with Gasteiger partial charge in [-0.15, -0.1) is 10.2 Å². The molecular formula is C10H10FN3OS. The number of rotatable bonds is 3. The molecule has 0 aliphatic heterocycles. The Morgan fingerprint density at radius 1 is 1.44 bits per heavy atom. The minimum Gasteiger partial charge on any atom is -0.496 e. The molecule has 0 atom stereocenters. The number of nitrogens with zero attached hydrogens (tertiary/aromatic N) is 2. The fourth-order valence-electron chi connectivity index (χ4n) is 1.32. The van der Waals surface area contributed by atoms with Gasteiger partial charge in [-0.05, 0) is 12.1 Å². The maximum absolute atomic E-state index is 13.7. The molecule has 0 spiro atoms. The molecule has 0 aliphatic rings. The Balaban J connectivity index is 2.53. The summed E-state index contributed by atoms with van der Waals surface area (Å²) in [6, 6.07) is 4.63. The van der Waals surface area contributed by atoms with Gasteiger partial charge in [0.2, 0.25) is 0 Å². The van der Waals surface area contributed by atoms with Crippen LogP contribution in [0.15, 0.2) is 18.2 Å². The van der Waals surface area contributed by atoms with Crippen molar-refractivity contribution in [1.29, 1.82) is 0 Å². The molecule has 0 radical (unpaired) electrons. The van der Waals surface area contributed by atoms with E-state index in [1.165, 1.54) is 24.5 Å². The monoisotopic (exact) mass is 239 g/mol. The van der Waals surface area contributed by atoms with Gasteiger partial charge in [0.15, 0.2) is 5.01 Å². The zero-order valence-electron chi connectivity index (χ0n) is 8.61. The van der Waals surface area contributed by atoms with Gasteiger partial charge < -0.3 is 10.5 Å². The summed E-state index contributed by atoms with van der Waals surface area (Å²) >= 11 is 1.26. The van der Waals surface area contributed by atoms with Gasteiger partial charge in [-0.2, -0.15) is 0 Å². The van der Waals surface area contributed by atoms with Crippen LogP contribution >= 0.6 is 11.3 Å². The molecule has 1 aromatic carbocycles. The molecule has 2 aromatic rings. The van der Waals surface area contributed by atoms with E-state index in [1.807, 2.05) is 0 Å². The molecule has 16 heavy (non-hydrogen) atoms. The van der Waals surface area contributed by atoms with Crippen LogP contribution in [0.2, 0.25) is 0 Å². The third-order valence-corrected chi connectivity index (χ3v) is 3.01. The molecule has 6 heteroatoms. The lowest BCUT2D eigenvalue weighted by molar-refractivity contribution is 0.413. The molecule has 2 rings (SSSR count). The van der Waals surface area contributed by atoms with Crippen LogP contribution in [-0.4, -0.2) is 17.3 Å². The molecule has 1 aromatic heterocycles. The van der Waals surface area contributed by atoms with Crippen molar-refractivity contribution >= 4 is 11.3 Å². The first-order valence-corrected chi connectivity index (χ1v) is 5.43. The molecule has 0 amide bonds. The average molecular weight is 239 g/mol. The first-order valence-electron chi connectivity index (χ1n) is 4.61. The predicted molar refractivity (Wildman–Crippen MR) is 59.7 cm³/mol. The van der Waals surface area contributed by atoms with Crippen LogP contribution in [0.4, 0.5) is 4.39 Å². The molecule has 0 unspecified atom stereocenters. The maximum atomic E-state index is 13.7. The number of halogens is 1. The second-order valence-electron chi connectivity index (χ2n) is 3.02. The Kier molecular flexibility index (Phi) is 3.12. The lowest BCUT2D eigenvalue weighted by Gasteiger charge is -2.05. The second-order valence-corrected chi connectivity index (χ2v) is 4.08. The van der Waals surface area contributed by atoms with Gasteiger partial charge in [-0.1, -0.05) is 17.4 Å². The largest absolute Gasteiger partial charge is 0.496 e. The predicted octanol–water partition coefficient (Wildman–Crippen LogP) is 1.81. The number of aromatic nitrogens is 2. The van der Waals surface area contributed by atoms with Crippen molar-refractivity contribution < 1.29 is 9.13 Å². The van der Waals surface area contributed by atoms with Crippen molar-refractivity contribution in [2.45, 2.75) is 6.54 Å². The van der Waals surface area contributed by atoms with E-state index in [9.17, 15) is 4.39 Å². The van der Waals surface area contributed by atoms with Crippen LogP contribution in [0.5, 0.6) is 5.75 Å². The van der Waals surface area contributed by atoms with E-state index in [-0.39, 0.29) is 5.82 Å². The van der Waals surface area contributed by atoms with Crippen molar-refractivity contribution in [3.05, 3.63) is 29.0 Å². The molecule has 0 fully saturated rings. The molecule has 2 N–H and O–H groups in total. The number of benzene rings is 1. The van der Waals surface area contributed by atoms with E-state index in [2.05, 4.69) is 10.2 Å². The summed E-state index contributed by atoms with van der Waals surface area (Å²) in [7, 11) is 1.49. The highest BCUT2D eigenvalue weighted by Gasteiger charge is 2.15. The van der Waals surface area contributed by atoms with Crippen molar-refractivity contribution in [1.82, 2.24) is 10.2 Å². The summed E-state index contributed by atoms with van der Waals surface area (Å²) in [5.41, 5.74) is 5.77. The lowest BCUT2D eigenvalue weighted by atomic mass is 10.2. The van der Waals surface area contributed by atoms with E-state index in [1.54, 1.807) is 12.1 Å². The van der Waals surface area contributed by atoms with Gasteiger partial charge in [-0.3, -0.25) is 0 Å². The highest BCUT2D eigenvalue weighted by atomic mass is 32.1. The maximum Gasteiger partial charge on any atom is 0.154 e. The third-order valence-electron chi connectivity index (χ3n) is 2.05. The quantitative estimate of drug-likeness (QED) is 0.887. The molecule has 0 saturated carbocycles. The molecule has 1 heterocycles. The zero-order chi connectivity index (χ0) is 11.5. The molecule has 0 bridgehead atoms. The Labute approximate surface area is 95.9 Å². The number of ether oxygens (including phenoxy) is 1. The fourth-order valence-corrected chi connectivity index (χ4v) is 2.09. The van der Waals surface area contributed by atoms with Gasteiger partial charge in [-0.25, -0.2) is 4.39 Å². The number of methoxy groups -OCH3 is 1. The third kappa shape index (κ3) is 1.89. The van der Waals surface area contributed by atoms with Crippen LogP contribution < -0.4 is 10.5 Å². The summed E-state index contributed by atoms with van der Waals surface area (Å²) in [5, 5.41) is 8.89. The minimum absolute atomic E-state index is 0.300. The van der Waals surface area contributed by atoms with Crippen LogP contribution in [0.3, 0.4) is 0 Å². The Morgan fingerprint density at radius 3 is 2.88 bits per heavy atom. The zero-order valence-corrected chi connectivity index (χ0v) is 9.42. The van der Waals surface area contributed by atoms with Crippen LogP contribution in [0, 0.1) is 5.82 Å². The first kappa shape index (κ1) is 11.0. The van der Waals surface area contributed by atoms with Crippen LogP contribution in [-0.2, 0) is 6.54 Å². The van der Waals surface area contributed by atoms with Crippen molar-refractivity contribution in [2.75, 3.05) is 7.11 Å². The Bertz CT molecular complexity index is 501. The molecule has 0 saturated heterocycles.